The molecule has 4 aromatic carbocycles. The van der Waals surface area contributed by atoms with Crippen LogP contribution < -0.4 is 24.8 Å². The van der Waals surface area contributed by atoms with E-state index in [1.165, 1.54) is 0 Å². The zero-order valence-electron chi connectivity index (χ0n) is 20.4. The van der Waals surface area contributed by atoms with E-state index in [9.17, 15) is 0 Å². The molecule has 4 aromatic heterocycles. The molecule has 0 amide bonds. The maximum atomic E-state index is 3.88. The molecule has 8 rings (SSSR count). The van der Waals surface area contributed by atoms with E-state index < -0.39 is 0 Å². The summed E-state index contributed by atoms with van der Waals surface area (Å²) >= 11 is 0. The van der Waals surface area contributed by atoms with E-state index in [0.29, 0.717) is 0 Å². The minimum atomic E-state index is 0. The molecule has 0 fully saturated rings. The average Bonchev–Trinajstić information content (AvgIpc) is 3.76. The Morgan fingerprint density at radius 2 is 0.538 bits per heavy atom. The number of nitrogens with one attached hydrogen (secondary N) is 4. The van der Waals surface area contributed by atoms with Gasteiger partial charge in [0.05, 0.1) is 46.9 Å². The summed E-state index contributed by atoms with van der Waals surface area (Å²) in [4.78, 5) is 0. The normalized spacial score (nSPS) is 9.44. The molecule has 0 saturated carbocycles. The van der Waals surface area contributed by atoms with Gasteiger partial charge in [-0.3, -0.25) is 20.4 Å². The summed E-state index contributed by atoms with van der Waals surface area (Å²) in [5.74, 6) is 0. The van der Waals surface area contributed by atoms with Crippen LogP contribution in [0.3, 0.4) is 0 Å². The summed E-state index contributed by atoms with van der Waals surface area (Å²) in [6.45, 7) is 0. The summed E-state index contributed by atoms with van der Waals surface area (Å²) in [7, 11) is 0. The molecule has 1 radical (unpaired) electrons. The Labute approximate surface area is 249 Å². The molecule has 0 unspecified atom stereocenters. The van der Waals surface area contributed by atoms with Gasteiger partial charge in [-0.25, -0.2) is 0 Å². The summed E-state index contributed by atoms with van der Waals surface area (Å²) in [5, 5.41) is 31.6. The van der Waals surface area contributed by atoms with Crippen LogP contribution in [-0.4, -0.2) is 40.8 Å². The van der Waals surface area contributed by atoms with Crippen LogP contribution in [0.2, 0.25) is 0 Å². The summed E-state index contributed by atoms with van der Waals surface area (Å²) in [6.07, 6.45) is 7.26. The van der Waals surface area contributed by atoms with E-state index in [1.807, 2.05) is 122 Å². The Hall–Kier alpha value is -4.04. The monoisotopic (exact) mass is 644 g/mol. The first-order valence-electron chi connectivity index (χ1n) is 11.4. The van der Waals surface area contributed by atoms with Gasteiger partial charge in [0.2, 0.25) is 0 Å². The number of benzene rings is 4. The number of fused-ring (bicyclic) bond motifs is 4. The summed E-state index contributed by atoms with van der Waals surface area (Å²) < 4.78 is 0. The first-order chi connectivity index (χ1) is 17.9. The van der Waals surface area contributed by atoms with Crippen LogP contribution in [0.15, 0.2) is 122 Å². The topological polar surface area (TPSA) is 115 Å². The van der Waals surface area contributed by atoms with Crippen molar-refractivity contribution in [2.45, 2.75) is 0 Å². The Balaban J connectivity index is 0.000000178. The zero-order chi connectivity index (χ0) is 24.4. The Bertz CT molecular complexity index is 1410. The number of nitrogens with zero attached hydrogens (tertiary/aromatic N) is 4. The number of halogens is 2. The van der Waals surface area contributed by atoms with Crippen molar-refractivity contribution in [3.63, 3.8) is 0 Å². The Kier molecular flexibility index (Phi) is 12.8. The molecule has 0 bridgehead atoms. The third-order valence-electron chi connectivity index (χ3n) is 5.40. The molecule has 8 nitrogen and oxygen atoms in total. The van der Waals surface area contributed by atoms with Gasteiger partial charge in [-0.15, -0.1) is 0 Å². The average molecular weight is 645 g/mol. The number of rotatable bonds is 0. The SMILES string of the molecule is [Cl-].[Cl-].[Ru+3].c1ccc2[nH]ncc2c1.c1ccc2[nH]ncc2c1.c1ccc2[nH]ncc2c1.c1ccc2[nH]ncc2c1. The van der Waals surface area contributed by atoms with Crippen molar-refractivity contribution in [2.75, 3.05) is 0 Å². The van der Waals surface area contributed by atoms with E-state index >= 15 is 0 Å². The van der Waals surface area contributed by atoms with Gasteiger partial charge in [0, 0.05) is 21.5 Å². The number of H-pyrrole nitrogens is 4. The van der Waals surface area contributed by atoms with Crippen LogP contribution in [0.4, 0.5) is 0 Å². The van der Waals surface area contributed by atoms with Crippen molar-refractivity contribution in [3.05, 3.63) is 122 Å². The number of para-hydroxylation sites is 4. The Morgan fingerprint density at radius 3 is 0.744 bits per heavy atom. The molecule has 0 atom stereocenters. The van der Waals surface area contributed by atoms with Crippen molar-refractivity contribution in [1.82, 2.24) is 40.8 Å². The maximum absolute atomic E-state index is 3.88. The quantitative estimate of drug-likeness (QED) is 0.178. The third kappa shape index (κ3) is 8.48. The van der Waals surface area contributed by atoms with E-state index in [0.717, 1.165) is 43.6 Å². The van der Waals surface area contributed by atoms with Gasteiger partial charge in [-0.2, -0.15) is 20.4 Å². The van der Waals surface area contributed by atoms with E-state index in [4.69, 9.17) is 0 Å². The van der Waals surface area contributed by atoms with Gasteiger partial charge >= 0.3 is 19.5 Å². The van der Waals surface area contributed by atoms with Crippen LogP contribution in [0, 0.1) is 0 Å². The second-order valence-corrected chi connectivity index (χ2v) is 7.83. The van der Waals surface area contributed by atoms with Gasteiger partial charge in [-0.05, 0) is 24.3 Å². The molecule has 0 aliphatic rings. The van der Waals surface area contributed by atoms with Gasteiger partial charge in [-0.1, -0.05) is 72.8 Å². The summed E-state index contributed by atoms with van der Waals surface area (Å²) in [6, 6.07) is 32.1. The maximum Gasteiger partial charge on any atom is 3.00 e. The standard InChI is InChI=1S/4C7H6N2.2ClH.Ru/c4*1-2-4-7-6(3-1)5-8-9-7;;;/h4*1-5H,(H,8,9);2*1H;/q;;;;;;+3/p-2. The molecule has 4 heterocycles. The molecule has 0 spiro atoms. The third-order valence-corrected chi connectivity index (χ3v) is 5.40. The summed E-state index contributed by atoms with van der Waals surface area (Å²) in [5.41, 5.74) is 4.38. The largest absolute Gasteiger partial charge is 3.00 e. The van der Waals surface area contributed by atoms with Crippen LogP contribution >= 0.6 is 0 Å². The van der Waals surface area contributed by atoms with Crippen molar-refractivity contribution in [2.24, 2.45) is 0 Å². The molecular formula is C28H24Cl2N8Ru+. The molecule has 0 aliphatic heterocycles. The zero-order valence-corrected chi connectivity index (χ0v) is 23.7. The molecule has 0 saturated heterocycles. The van der Waals surface area contributed by atoms with E-state index in [2.05, 4.69) is 40.8 Å². The second-order valence-electron chi connectivity index (χ2n) is 7.83. The fraction of sp³-hybridized carbons (Fsp3) is 0. The molecule has 4 N–H and O–H groups in total. The van der Waals surface area contributed by atoms with Crippen LogP contribution in [0.5, 0.6) is 0 Å². The number of aromatic nitrogens is 8. The molecular weight excluding hydrogens is 620 g/mol. The van der Waals surface area contributed by atoms with Crippen LogP contribution in [0.25, 0.3) is 43.6 Å². The fourth-order valence-electron chi connectivity index (χ4n) is 3.53. The van der Waals surface area contributed by atoms with Crippen molar-refractivity contribution < 1.29 is 44.3 Å². The minimum Gasteiger partial charge on any atom is -1.00 e. The van der Waals surface area contributed by atoms with Gasteiger partial charge in [0.25, 0.3) is 0 Å². The predicted octanol–water partition coefficient (Wildman–Crippen LogP) is 0.257. The number of aromatic amines is 4. The van der Waals surface area contributed by atoms with Crippen molar-refractivity contribution in [3.8, 4) is 0 Å². The number of hydrogen-bond acceptors (Lipinski definition) is 4. The van der Waals surface area contributed by atoms with Gasteiger partial charge < -0.3 is 24.8 Å². The van der Waals surface area contributed by atoms with Gasteiger partial charge in [0.15, 0.2) is 0 Å². The molecule has 197 valence electrons. The van der Waals surface area contributed by atoms with E-state index in [1.54, 1.807) is 0 Å². The molecule has 8 aromatic rings. The molecule has 0 aliphatic carbocycles. The second kappa shape index (κ2) is 16.0. The first kappa shape index (κ1) is 31.2. The first-order valence-corrected chi connectivity index (χ1v) is 11.4. The smallest absolute Gasteiger partial charge is 1.00 e. The number of hydrogen-bond donors (Lipinski definition) is 4. The van der Waals surface area contributed by atoms with E-state index in [-0.39, 0.29) is 44.3 Å². The van der Waals surface area contributed by atoms with Gasteiger partial charge in [0.1, 0.15) is 0 Å². The predicted molar refractivity (Wildman–Crippen MR) is 144 cm³/mol. The van der Waals surface area contributed by atoms with Crippen molar-refractivity contribution in [1.29, 1.82) is 0 Å². The van der Waals surface area contributed by atoms with Crippen LogP contribution in [-0.2, 0) is 19.5 Å². The minimum absolute atomic E-state index is 0. The van der Waals surface area contributed by atoms with Crippen molar-refractivity contribution >= 4 is 43.6 Å². The molecule has 39 heavy (non-hydrogen) atoms. The molecule has 11 heteroatoms. The Morgan fingerprint density at radius 1 is 0.333 bits per heavy atom. The van der Waals surface area contributed by atoms with Crippen LogP contribution in [0.1, 0.15) is 0 Å². The fourth-order valence-corrected chi connectivity index (χ4v) is 3.53.